The second-order valence-corrected chi connectivity index (χ2v) is 12.1. The second kappa shape index (κ2) is 13.5. The van der Waals surface area contributed by atoms with Crippen molar-refractivity contribution in [3.8, 4) is 0 Å². The van der Waals surface area contributed by atoms with Gasteiger partial charge in [-0.15, -0.1) is 0 Å². The van der Waals surface area contributed by atoms with Crippen LogP contribution in [-0.4, -0.2) is 89.6 Å². The topological polar surface area (TPSA) is 128 Å². The Labute approximate surface area is 262 Å². The van der Waals surface area contributed by atoms with Crippen molar-refractivity contribution in [2.75, 3.05) is 44.6 Å². The highest BCUT2D eigenvalue weighted by atomic mass is 16.3. The Morgan fingerprint density at radius 3 is 2.24 bits per heavy atom. The standard InChI is InChI=1S/C34H40N6O5/c1-23-20-26-21-27(13-14-29(26)45-23)35-34(37-31(42)24-9-11-25(12-10-24)32(43)39-17-6-7-18-39)36-28-8-2-3-19-40(33(28)44)22-30(41)38-15-4-5-16-38/h9-14,20-21,28H,2-8,15-19,22H2,1H3,(H2,35,36,37,42)/t28-/m0/s1. The van der Waals surface area contributed by atoms with Gasteiger partial charge >= 0.3 is 0 Å². The maximum absolute atomic E-state index is 13.7. The van der Waals surface area contributed by atoms with Gasteiger partial charge in [0.2, 0.25) is 17.8 Å². The first-order valence-electron chi connectivity index (χ1n) is 16.0. The molecule has 2 N–H and O–H groups in total. The van der Waals surface area contributed by atoms with E-state index in [1.807, 2.05) is 41.0 Å². The molecule has 3 aromatic rings. The number of anilines is 1. The van der Waals surface area contributed by atoms with Crippen molar-refractivity contribution in [2.45, 2.75) is 57.9 Å². The fourth-order valence-electron chi connectivity index (χ4n) is 6.28. The highest BCUT2D eigenvalue weighted by Crippen LogP contribution is 2.23. The number of nitrogens with one attached hydrogen (secondary N) is 2. The van der Waals surface area contributed by atoms with Crippen molar-refractivity contribution < 1.29 is 23.6 Å². The highest BCUT2D eigenvalue weighted by molar-refractivity contribution is 6.11. The van der Waals surface area contributed by atoms with Crippen LogP contribution in [0.25, 0.3) is 11.0 Å². The molecule has 1 atom stereocenters. The average molecular weight is 613 g/mol. The molecule has 3 aliphatic rings. The van der Waals surface area contributed by atoms with E-state index in [4.69, 9.17) is 9.41 Å². The first-order valence-corrected chi connectivity index (χ1v) is 16.0. The maximum Gasteiger partial charge on any atom is 0.257 e. The number of aliphatic imine (C=N–C) groups is 1. The number of likely N-dealkylation sites (tertiary alicyclic amines) is 3. The fourth-order valence-corrected chi connectivity index (χ4v) is 6.28. The molecule has 11 nitrogen and oxygen atoms in total. The van der Waals surface area contributed by atoms with Crippen LogP contribution < -0.4 is 10.6 Å². The number of hydrogen-bond donors (Lipinski definition) is 2. The number of fused-ring (bicyclic) bond motifs is 1. The number of furan rings is 1. The molecule has 11 heteroatoms. The van der Waals surface area contributed by atoms with E-state index < -0.39 is 11.9 Å². The number of aryl methyl sites for hydroxylation is 1. The number of benzene rings is 2. The van der Waals surface area contributed by atoms with Gasteiger partial charge in [0.15, 0.2) is 0 Å². The number of amides is 4. The van der Waals surface area contributed by atoms with Crippen LogP contribution in [0.15, 0.2) is 57.9 Å². The lowest BCUT2D eigenvalue weighted by Crippen LogP contribution is -2.45. The van der Waals surface area contributed by atoms with Gasteiger partial charge in [-0.2, -0.15) is 0 Å². The molecule has 0 bridgehead atoms. The Balaban J connectivity index is 1.23. The van der Waals surface area contributed by atoms with Crippen LogP contribution in [0.5, 0.6) is 0 Å². The minimum absolute atomic E-state index is 0.0344. The van der Waals surface area contributed by atoms with Crippen molar-refractivity contribution in [2.24, 2.45) is 4.99 Å². The van der Waals surface area contributed by atoms with Crippen LogP contribution in [0, 0.1) is 6.92 Å². The minimum Gasteiger partial charge on any atom is -0.461 e. The van der Waals surface area contributed by atoms with Crippen LogP contribution in [-0.2, 0) is 9.59 Å². The van der Waals surface area contributed by atoms with Crippen molar-refractivity contribution >= 4 is 46.2 Å². The summed E-state index contributed by atoms with van der Waals surface area (Å²) < 4.78 is 5.70. The number of guanidine groups is 1. The summed E-state index contributed by atoms with van der Waals surface area (Å²) in [7, 11) is 0. The van der Waals surface area contributed by atoms with Gasteiger partial charge in [-0.1, -0.05) is 0 Å². The number of nitrogens with zero attached hydrogens (tertiary/aromatic N) is 4. The van der Waals surface area contributed by atoms with E-state index in [1.54, 1.807) is 29.2 Å². The molecule has 3 fully saturated rings. The third-order valence-corrected chi connectivity index (χ3v) is 8.74. The normalized spacial score (nSPS) is 19.2. The molecule has 3 saturated heterocycles. The van der Waals surface area contributed by atoms with Crippen LogP contribution in [0.3, 0.4) is 0 Å². The van der Waals surface area contributed by atoms with Gasteiger partial charge in [-0.05, 0) is 100 Å². The Bertz CT molecular complexity index is 1600. The lowest BCUT2D eigenvalue weighted by molar-refractivity contribution is -0.140. The summed E-state index contributed by atoms with van der Waals surface area (Å²) >= 11 is 0. The molecule has 0 spiro atoms. The Morgan fingerprint density at radius 1 is 0.844 bits per heavy atom. The van der Waals surface area contributed by atoms with Crippen molar-refractivity contribution in [1.29, 1.82) is 0 Å². The number of carbonyl (C=O) groups is 4. The van der Waals surface area contributed by atoms with Crippen LogP contribution in [0.2, 0.25) is 0 Å². The number of rotatable bonds is 6. The first-order chi connectivity index (χ1) is 21.8. The molecule has 0 unspecified atom stereocenters. The summed E-state index contributed by atoms with van der Waals surface area (Å²) in [6.45, 7) is 5.38. The lowest BCUT2D eigenvalue weighted by atomic mass is 10.1. The first kappa shape index (κ1) is 30.4. The zero-order valence-corrected chi connectivity index (χ0v) is 25.7. The fraction of sp³-hybridized carbons (Fsp3) is 0.441. The molecular formula is C34H40N6O5. The molecule has 236 valence electrons. The summed E-state index contributed by atoms with van der Waals surface area (Å²) in [4.78, 5) is 62.8. The summed E-state index contributed by atoms with van der Waals surface area (Å²) in [6.07, 6.45) is 6.03. The van der Waals surface area contributed by atoms with Gasteiger partial charge in [0.05, 0.1) is 6.54 Å². The number of carbonyl (C=O) groups excluding carboxylic acids is 4. The third-order valence-electron chi connectivity index (χ3n) is 8.74. The van der Waals surface area contributed by atoms with Crippen LogP contribution >= 0.6 is 0 Å². The zero-order valence-electron chi connectivity index (χ0n) is 25.7. The quantitative estimate of drug-likeness (QED) is 0.318. The van der Waals surface area contributed by atoms with E-state index in [0.717, 1.165) is 81.4 Å². The Hall–Kier alpha value is -4.67. The summed E-state index contributed by atoms with van der Waals surface area (Å²) in [5.74, 6) is 0.190. The SMILES string of the molecule is Cc1cc2cc(NC(=N[C@H]3CCCCN(CC(=O)N4CCCC4)C3=O)NC(=O)c3ccc(C(=O)N4CCCC4)cc3)ccc2o1. The Kier molecular flexibility index (Phi) is 9.13. The summed E-state index contributed by atoms with van der Waals surface area (Å²) in [5, 5.41) is 6.96. The molecule has 4 heterocycles. The zero-order chi connectivity index (χ0) is 31.3. The van der Waals surface area contributed by atoms with Crippen molar-refractivity contribution in [3.05, 3.63) is 65.4 Å². The van der Waals surface area contributed by atoms with E-state index in [0.29, 0.717) is 29.8 Å². The van der Waals surface area contributed by atoms with Gasteiger partial charge in [0.25, 0.3) is 11.8 Å². The molecular weight excluding hydrogens is 572 g/mol. The molecule has 4 amide bonds. The largest absolute Gasteiger partial charge is 0.461 e. The van der Waals surface area contributed by atoms with E-state index in [-0.39, 0.29) is 30.2 Å². The highest BCUT2D eigenvalue weighted by Gasteiger charge is 2.30. The summed E-state index contributed by atoms with van der Waals surface area (Å²) in [5.41, 5.74) is 2.29. The van der Waals surface area contributed by atoms with Crippen LogP contribution in [0.4, 0.5) is 5.69 Å². The molecule has 0 radical (unpaired) electrons. The predicted octanol–water partition coefficient (Wildman–Crippen LogP) is 4.18. The second-order valence-electron chi connectivity index (χ2n) is 12.1. The average Bonchev–Trinajstić information content (AvgIpc) is 3.82. The smallest absolute Gasteiger partial charge is 0.257 e. The molecule has 0 aliphatic carbocycles. The van der Waals surface area contributed by atoms with Gasteiger partial charge in [0, 0.05) is 54.9 Å². The maximum atomic E-state index is 13.7. The van der Waals surface area contributed by atoms with Crippen molar-refractivity contribution in [3.63, 3.8) is 0 Å². The van der Waals surface area contributed by atoms with Gasteiger partial charge in [0.1, 0.15) is 17.4 Å². The monoisotopic (exact) mass is 612 g/mol. The van der Waals surface area contributed by atoms with E-state index in [2.05, 4.69) is 10.6 Å². The van der Waals surface area contributed by atoms with Gasteiger partial charge in [-0.25, -0.2) is 4.99 Å². The van der Waals surface area contributed by atoms with Gasteiger partial charge < -0.3 is 24.4 Å². The summed E-state index contributed by atoms with van der Waals surface area (Å²) in [6, 6.07) is 13.3. The molecule has 2 aromatic carbocycles. The molecule has 3 aliphatic heterocycles. The van der Waals surface area contributed by atoms with Crippen LogP contribution in [0.1, 0.15) is 71.4 Å². The molecule has 6 rings (SSSR count). The van der Waals surface area contributed by atoms with E-state index in [1.165, 1.54) is 0 Å². The molecule has 0 saturated carbocycles. The minimum atomic E-state index is -0.762. The number of hydrogen-bond acceptors (Lipinski definition) is 6. The molecule has 1 aromatic heterocycles. The molecule has 45 heavy (non-hydrogen) atoms. The van der Waals surface area contributed by atoms with E-state index >= 15 is 0 Å². The van der Waals surface area contributed by atoms with Gasteiger partial charge in [-0.3, -0.25) is 24.5 Å². The predicted molar refractivity (Wildman–Crippen MR) is 171 cm³/mol. The Morgan fingerprint density at radius 2 is 1.51 bits per heavy atom. The van der Waals surface area contributed by atoms with E-state index in [9.17, 15) is 19.2 Å². The lowest BCUT2D eigenvalue weighted by Gasteiger charge is -2.25. The van der Waals surface area contributed by atoms with Crippen molar-refractivity contribution in [1.82, 2.24) is 20.0 Å². The third kappa shape index (κ3) is 7.19.